The Morgan fingerprint density at radius 1 is 1.53 bits per heavy atom. The minimum absolute atomic E-state index is 0.172. The summed E-state index contributed by atoms with van der Waals surface area (Å²) in [5.74, 6) is -0.255. The van der Waals surface area contributed by atoms with Crippen LogP contribution in [0, 0.1) is 12.7 Å². The zero-order valence-electron chi connectivity index (χ0n) is 9.11. The van der Waals surface area contributed by atoms with E-state index < -0.39 is 0 Å². The van der Waals surface area contributed by atoms with E-state index in [0.29, 0.717) is 17.0 Å². The van der Waals surface area contributed by atoms with Crippen molar-refractivity contribution in [3.63, 3.8) is 0 Å². The lowest BCUT2D eigenvalue weighted by Crippen LogP contribution is -2.23. The summed E-state index contributed by atoms with van der Waals surface area (Å²) in [7, 11) is 0. The molecule has 1 aromatic carbocycles. The molecule has 6 heteroatoms. The standard InChI is InChI=1S/C11H10FN3O2/c1-7-4-8(2-3-9(7)12)11(16)13-5-10-14-6-17-15-10/h2-4,6H,5H2,1H3,(H,13,16). The van der Waals surface area contributed by atoms with Gasteiger partial charge >= 0.3 is 0 Å². The van der Waals surface area contributed by atoms with Crippen LogP contribution < -0.4 is 5.32 Å². The number of carbonyl (C=O) groups is 1. The fourth-order valence-corrected chi connectivity index (χ4v) is 1.32. The lowest BCUT2D eigenvalue weighted by atomic mass is 10.1. The summed E-state index contributed by atoms with van der Waals surface area (Å²) in [6.45, 7) is 1.77. The van der Waals surface area contributed by atoms with Gasteiger partial charge in [-0.1, -0.05) is 5.16 Å². The van der Waals surface area contributed by atoms with Crippen LogP contribution in [0.1, 0.15) is 21.7 Å². The fraction of sp³-hybridized carbons (Fsp3) is 0.182. The number of rotatable bonds is 3. The van der Waals surface area contributed by atoms with E-state index in [2.05, 4.69) is 20.0 Å². The van der Waals surface area contributed by atoms with Gasteiger partial charge in [0.25, 0.3) is 5.91 Å². The Morgan fingerprint density at radius 3 is 3.00 bits per heavy atom. The van der Waals surface area contributed by atoms with Crippen molar-refractivity contribution in [3.8, 4) is 0 Å². The molecule has 0 bridgehead atoms. The molecule has 0 aliphatic heterocycles. The molecule has 0 aliphatic carbocycles. The molecule has 0 atom stereocenters. The zero-order valence-corrected chi connectivity index (χ0v) is 9.11. The molecule has 0 fully saturated rings. The van der Waals surface area contributed by atoms with E-state index in [-0.39, 0.29) is 18.3 Å². The van der Waals surface area contributed by atoms with E-state index in [0.717, 1.165) is 0 Å². The van der Waals surface area contributed by atoms with Gasteiger partial charge in [0.1, 0.15) is 5.82 Å². The number of benzene rings is 1. The van der Waals surface area contributed by atoms with E-state index in [1.165, 1.54) is 24.6 Å². The molecule has 2 aromatic rings. The molecule has 0 unspecified atom stereocenters. The Hall–Kier alpha value is -2.24. The van der Waals surface area contributed by atoms with Crippen LogP contribution in [0.4, 0.5) is 4.39 Å². The third kappa shape index (κ3) is 2.66. The topological polar surface area (TPSA) is 68.0 Å². The van der Waals surface area contributed by atoms with Crippen LogP contribution >= 0.6 is 0 Å². The van der Waals surface area contributed by atoms with E-state index in [4.69, 9.17) is 0 Å². The van der Waals surface area contributed by atoms with Gasteiger partial charge in [0, 0.05) is 5.56 Å². The molecule has 1 heterocycles. The number of carbonyl (C=O) groups excluding carboxylic acids is 1. The second kappa shape index (κ2) is 4.73. The maximum atomic E-state index is 13.0. The van der Waals surface area contributed by atoms with Gasteiger partial charge in [-0.05, 0) is 30.7 Å². The van der Waals surface area contributed by atoms with Crippen molar-refractivity contribution in [2.24, 2.45) is 0 Å². The predicted molar refractivity (Wildman–Crippen MR) is 56.6 cm³/mol. The number of hydrogen-bond acceptors (Lipinski definition) is 4. The van der Waals surface area contributed by atoms with Crippen LogP contribution in [-0.4, -0.2) is 16.0 Å². The average Bonchev–Trinajstić information content (AvgIpc) is 2.82. The van der Waals surface area contributed by atoms with Crippen molar-refractivity contribution in [1.29, 1.82) is 0 Å². The molecule has 17 heavy (non-hydrogen) atoms. The maximum absolute atomic E-state index is 13.0. The number of halogens is 1. The first-order chi connectivity index (χ1) is 8.16. The minimum Gasteiger partial charge on any atom is -0.345 e. The van der Waals surface area contributed by atoms with Crippen molar-refractivity contribution in [3.05, 3.63) is 47.4 Å². The molecular weight excluding hydrogens is 225 g/mol. The number of aromatic nitrogens is 2. The van der Waals surface area contributed by atoms with E-state index >= 15 is 0 Å². The van der Waals surface area contributed by atoms with Gasteiger partial charge in [-0.15, -0.1) is 0 Å². The molecule has 2 rings (SSSR count). The third-order valence-corrected chi connectivity index (χ3v) is 2.23. The quantitative estimate of drug-likeness (QED) is 0.874. The van der Waals surface area contributed by atoms with Crippen LogP contribution in [0.5, 0.6) is 0 Å². The molecule has 88 valence electrons. The van der Waals surface area contributed by atoms with Gasteiger partial charge in [0.15, 0.2) is 5.82 Å². The van der Waals surface area contributed by atoms with Gasteiger partial charge < -0.3 is 9.84 Å². The first kappa shape index (κ1) is 11.3. The Kier molecular flexibility index (Phi) is 3.13. The Balaban J connectivity index is 2.02. The molecule has 0 aliphatic rings. The van der Waals surface area contributed by atoms with Crippen molar-refractivity contribution < 1.29 is 13.7 Å². The van der Waals surface area contributed by atoms with E-state index in [9.17, 15) is 9.18 Å². The minimum atomic E-state index is -0.334. The summed E-state index contributed by atoms with van der Waals surface area (Å²) in [5.41, 5.74) is 0.824. The summed E-state index contributed by atoms with van der Waals surface area (Å²) < 4.78 is 17.5. The van der Waals surface area contributed by atoms with Gasteiger partial charge in [-0.2, -0.15) is 4.98 Å². The zero-order chi connectivity index (χ0) is 12.3. The molecule has 5 nitrogen and oxygen atoms in total. The monoisotopic (exact) mass is 235 g/mol. The van der Waals surface area contributed by atoms with Crippen LogP contribution in [0.2, 0.25) is 0 Å². The van der Waals surface area contributed by atoms with Crippen molar-refractivity contribution in [2.75, 3.05) is 0 Å². The normalized spacial score (nSPS) is 10.2. The summed E-state index contributed by atoms with van der Waals surface area (Å²) >= 11 is 0. The Labute approximate surface area is 96.6 Å². The second-order valence-electron chi connectivity index (χ2n) is 3.49. The first-order valence-electron chi connectivity index (χ1n) is 4.96. The van der Waals surface area contributed by atoms with Crippen molar-refractivity contribution in [1.82, 2.24) is 15.5 Å². The Morgan fingerprint density at radius 2 is 2.35 bits per heavy atom. The summed E-state index contributed by atoms with van der Waals surface area (Å²) in [6.07, 6.45) is 1.18. The smallest absolute Gasteiger partial charge is 0.251 e. The van der Waals surface area contributed by atoms with Crippen molar-refractivity contribution in [2.45, 2.75) is 13.5 Å². The molecule has 0 spiro atoms. The highest BCUT2D eigenvalue weighted by molar-refractivity contribution is 5.94. The largest absolute Gasteiger partial charge is 0.345 e. The second-order valence-corrected chi connectivity index (χ2v) is 3.49. The maximum Gasteiger partial charge on any atom is 0.251 e. The SMILES string of the molecule is Cc1cc(C(=O)NCc2ncon2)ccc1F. The molecule has 0 saturated carbocycles. The molecular formula is C11H10FN3O2. The lowest BCUT2D eigenvalue weighted by Gasteiger charge is -2.04. The number of hydrogen-bond donors (Lipinski definition) is 1. The first-order valence-corrected chi connectivity index (χ1v) is 4.96. The highest BCUT2D eigenvalue weighted by Crippen LogP contribution is 2.09. The summed E-state index contributed by atoms with van der Waals surface area (Å²) in [6, 6.07) is 4.17. The van der Waals surface area contributed by atoms with Crippen LogP contribution in [0.3, 0.4) is 0 Å². The number of nitrogens with zero attached hydrogens (tertiary/aromatic N) is 2. The predicted octanol–water partition coefficient (Wildman–Crippen LogP) is 1.45. The molecule has 0 radical (unpaired) electrons. The lowest BCUT2D eigenvalue weighted by molar-refractivity contribution is 0.0949. The van der Waals surface area contributed by atoms with Gasteiger partial charge in [0.05, 0.1) is 6.54 Å². The fourth-order valence-electron chi connectivity index (χ4n) is 1.32. The van der Waals surface area contributed by atoms with E-state index in [1.54, 1.807) is 6.92 Å². The van der Waals surface area contributed by atoms with Crippen molar-refractivity contribution >= 4 is 5.91 Å². The molecule has 0 saturated heterocycles. The molecule has 1 N–H and O–H groups in total. The number of aryl methyl sites for hydroxylation is 1. The number of nitrogens with one attached hydrogen (secondary N) is 1. The summed E-state index contributed by atoms with van der Waals surface area (Å²) in [4.78, 5) is 15.4. The Bertz CT molecular complexity index is 526. The van der Waals surface area contributed by atoms with Gasteiger partial charge in [-0.25, -0.2) is 4.39 Å². The van der Waals surface area contributed by atoms with Crippen LogP contribution in [0.25, 0.3) is 0 Å². The van der Waals surface area contributed by atoms with Crippen LogP contribution in [0.15, 0.2) is 29.1 Å². The van der Waals surface area contributed by atoms with Crippen LogP contribution in [-0.2, 0) is 6.54 Å². The molecule has 1 aromatic heterocycles. The number of amides is 1. The third-order valence-electron chi connectivity index (χ3n) is 2.23. The average molecular weight is 235 g/mol. The van der Waals surface area contributed by atoms with E-state index in [1.807, 2.05) is 0 Å². The van der Waals surface area contributed by atoms with Gasteiger partial charge in [0.2, 0.25) is 6.39 Å². The highest BCUT2D eigenvalue weighted by atomic mass is 19.1. The van der Waals surface area contributed by atoms with Gasteiger partial charge in [-0.3, -0.25) is 4.79 Å². The molecule has 1 amide bonds. The summed E-state index contributed by atoms with van der Waals surface area (Å²) in [5, 5.41) is 6.15. The highest BCUT2D eigenvalue weighted by Gasteiger charge is 2.08.